The van der Waals surface area contributed by atoms with E-state index in [2.05, 4.69) is 19.2 Å². The van der Waals surface area contributed by atoms with E-state index < -0.39 is 0 Å². The van der Waals surface area contributed by atoms with E-state index in [0.717, 1.165) is 18.4 Å². The van der Waals surface area contributed by atoms with Crippen LogP contribution in [0.3, 0.4) is 0 Å². The van der Waals surface area contributed by atoms with Crippen molar-refractivity contribution in [2.24, 2.45) is 11.8 Å². The third-order valence-corrected chi connectivity index (χ3v) is 4.59. The molecule has 1 heterocycles. The van der Waals surface area contributed by atoms with Crippen LogP contribution in [-0.4, -0.2) is 25.3 Å². The summed E-state index contributed by atoms with van der Waals surface area (Å²) in [4.78, 5) is 0. The molecule has 0 radical (unpaired) electrons. The van der Waals surface area contributed by atoms with Crippen molar-refractivity contribution in [3.8, 4) is 0 Å². The molecular weight excluding hydrogens is 198 g/mol. The summed E-state index contributed by atoms with van der Waals surface area (Å²) in [5.41, 5.74) is 0. The monoisotopic (exact) mass is 225 g/mol. The lowest BCUT2D eigenvalue weighted by atomic mass is 9.81. The zero-order valence-electron chi connectivity index (χ0n) is 10.9. The van der Waals surface area contributed by atoms with Gasteiger partial charge >= 0.3 is 0 Å². The van der Waals surface area contributed by atoms with Crippen LogP contribution in [0.15, 0.2) is 0 Å². The average molecular weight is 225 g/mol. The Morgan fingerprint density at radius 3 is 2.31 bits per heavy atom. The highest BCUT2D eigenvalue weighted by Gasteiger charge is 2.25. The lowest BCUT2D eigenvalue weighted by Gasteiger charge is -2.29. The molecule has 0 spiro atoms. The molecule has 0 aromatic carbocycles. The predicted octanol–water partition coefficient (Wildman–Crippen LogP) is 2.97. The number of hydrogen-bond donors (Lipinski definition) is 1. The fourth-order valence-electron chi connectivity index (χ4n) is 3.16. The van der Waals surface area contributed by atoms with Gasteiger partial charge in [0.25, 0.3) is 0 Å². The largest absolute Gasteiger partial charge is 0.377 e. The third kappa shape index (κ3) is 3.21. The molecule has 2 unspecified atom stereocenters. The lowest BCUT2D eigenvalue weighted by Crippen LogP contribution is -2.38. The molecular formula is C14H27NO. The minimum Gasteiger partial charge on any atom is -0.377 e. The summed E-state index contributed by atoms with van der Waals surface area (Å²) in [5, 5.41) is 3.71. The normalized spacial score (nSPS) is 40.1. The van der Waals surface area contributed by atoms with Crippen LogP contribution in [0.5, 0.6) is 0 Å². The van der Waals surface area contributed by atoms with Gasteiger partial charge in [-0.25, -0.2) is 0 Å². The van der Waals surface area contributed by atoms with Crippen molar-refractivity contribution in [2.45, 2.75) is 64.5 Å². The van der Waals surface area contributed by atoms with Gasteiger partial charge in [-0.2, -0.15) is 0 Å². The van der Waals surface area contributed by atoms with Crippen LogP contribution in [0.1, 0.15) is 52.4 Å². The van der Waals surface area contributed by atoms with Crippen LogP contribution >= 0.6 is 0 Å². The van der Waals surface area contributed by atoms with Gasteiger partial charge in [0.2, 0.25) is 0 Å². The minimum atomic E-state index is 0.423. The Kier molecular flexibility index (Phi) is 4.66. The lowest BCUT2D eigenvalue weighted by molar-refractivity contribution is 0.111. The smallest absolute Gasteiger partial charge is 0.0700 e. The van der Waals surface area contributed by atoms with Gasteiger partial charge in [-0.15, -0.1) is 0 Å². The van der Waals surface area contributed by atoms with Gasteiger partial charge < -0.3 is 10.1 Å². The number of ether oxygens (including phenoxy) is 1. The second-order valence-electron chi connectivity index (χ2n) is 5.67. The van der Waals surface area contributed by atoms with E-state index in [9.17, 15) is 0 Å². The Labute approximate surface area is 100 Å². The summed E-state index contributed by atoms with van der Waals surface area (Å²) >= 11 is 0. The zero-order valence-corrected chi connectivity index (χ0v) is 10.9. The summed E-state index contributed by atoms with van der Waals surface area (Å²) in [6.07, 6.45) is 8.80. The van der Waals surface area contributed by atoms with Gasteiger partial charge in [0, 0.05) is 12.6 Å². The third-order valence-electron chi connectivity index (χ3n) is 4.59. The van der Waals surface area contributed by atoms with Gasteiger partial charge in [-0.05, 0) is 44.6 Å². The summed E-state index contributed by atoms with van der Waals surface area (Å²) in [6.45, 7) is 6.69. The minimum absolute atomic E-state index is 0.423. The molecule has 2 aliphatic rings. The molecule has 1 saturated carbocycles. The average Bonchev–Trinajstić information content (AvgIpc) is 2.73. The molecule has 0 bridgehead atoms. The van der Waals surface area contributed by atoms with Crippen molar-refractivity contribution in [2.75, 3.05) is 13.2 Å². The fraction of sp³-hybridized carbons (Fsp3) is 1.00. The van der Waals surface area contributed by atoms with E-state index >= 15 is 0 Å². The fourth-order valence-corrected chi connectivity index (χ4v) is 3.16. The van der Waals surface area contributed by atoms with Crippen LogP contribution in [0.4, 0.5) is 0 Å². The second-order valence-corrected chi connectivity index (χ2v) is 5.67. The quantitative estimate of drug-likeness (QED) is 0.794. The Morgan fingerprint density at radius 2 is 1.75 bits per heavy atom. The standard InChI is InChI=1S/C14H27NO/c1-3-12-4-6-13(7-5-12)10-15-14-8-9-16-11(14)2/h11-15H,3-10H2,1-2H3. The molecule has 0 aromatic rings. The molecule has 2 atom stereocenters. The van der Waals surface area contributed by atoms with Crippen molar-refractivity contribution in [1.29, 1.82) is 0 Å². The van der Waals surface area contributed by atoms with Gasteiger partial charge in [0.15, 0.2) is 0 Å². The zero-order chi connectivity index (χ0) is 11.4. The molecule has 2 rings (SSSR count). The number of hydrogen-bond acceptors (Lipinski definition) is 2. The maximum absolute atomic E-state index is 5.58. The Balaban J connectivity index is 1.63. The summed E-state index contributed by atoms with van der Waals surface area (Å²) < 4.78 is 5.58. The van der Waals surface area contributed by atoms with Crippen LogP contribution in [0.25, 0.3) is 0 Å². The van der Waals surface area contributed by atoms with E-state index in [1.165, 1.54) is 45.1 Å². The molecule has 0 aromatic heterocycles. The predicted molar refractivity (Wildman–Crippen MR) is 67.6 cm³/mol. The molecule has 1 N–H and O–H groups in total. The highest BCUT2D eigenvalue weighted by molar-refractivity contribution is 4.81. The topological polar surface area (TPSA) is 21.3 Å². The van der Waals surface area contributed by atoms with Crippen molar-refractivity contribution in [3.63, 3.8) is 0 Å². The first kappa shape index (κ1) is 12.4. The van der Waals surface area contributed by atoms with Crippen LogP contribution in [0.2, 0.25) is 0 Å². The van der Waals surface area contributed by atoms with E-state index in [4.69, 9.17) is 4.74 Å². The molecule has 2 heteroatoms. The summed E-state index contributed by atoms with van der Waals surface area (Å²) in [5.74, 6) is 1.94. The summed E-state index contributed by atoms with van der Waals surface area (Å²) in [7, 11) is 0. The van der Waals surface area contributed by atoms with E-state index in [1.54, 1.807) is 0 Å². The molecule has 94 valence electrons. The van der Waals surface area contributed by atoms with E-state index in [1.807, 2.05) is 0 Å². The molecule has 0 amide bonds. The maximum atomic E-state index is 5.58. The van der Waals surface area contributed by atoms with Crippen LogP contribution < -0.4 is 5.32 Å². The highest BCUT2D eigenvalue weighted by Crippen LogP contribution is 2.30. The Bertz CT molecular complexity index is 199. The van der Waals surface area contributed by atoms with Crippen molar-refractivity contribution in [1.82, 2.24) is 5.32 Å². The van der Waals surface area contributed by atoms with Crippen molar-refractivity contribution in [3.05, 3.63) is 0 Å². The van der Waals surface area contributed by atoms with Gasteiger partial charge in [0.05, 0.1) is 6.10 Å². The van der Waals surface area contributed by atoms with E-state index in [0.29, 0.717) is 12.1 Å². The molecule has 16 heavy (non-hydrogen) atoms. The Hall–Kier alpha value is -0.0800. The molecule has 1 aliphatic carbocycles. The van der Waals surface area contributed by atoms with E-state index in [-0.39, 0.29) is 0 Å². The SMILES string of the molecule is CCC1CCC(CNC2CCOC2C)CC1. The highest BCUT2D eigenvalue weighted by atomic mass is 16.5. The van der Waals surface area contributed by atoms with Gasteiger partial charge in [-0.1, -0.05) is 26.2 Å². The molecule has 2 nitrogen and oxygen atoms in total. The second kappa shape index (κ2) is 6.02. The Morgan fingerprint density at radius 1 is 1.06 bits per heavy atom. The first-order valence-corrected chi connectivity index (χ1v) is 7.14. The van der Waals surface area contributed by atoms with Gasteiger partial charge in [-0.3, -0.25) is 0 Å². The number of rotatable bonds is 4. The molecule has 1 aliphatic heterocycles. The van der Waals surface area contributed by atoms with Crippen LogP contribution in [0, 0.1) is 11.8 Å². The molecule has 2 fully saturated rings. The molecule has 1 saturated heterocycles. The van der Waals surface area contributed by atoms with Gasteiger partial charge in [0.1, 0.15) is 0 Å². The van der Waals surface area contributed by atoms with Crippen molar-refractivity contribution < 1.29 is 4.74 Å². The first-order valence-electron chi connectivity index (χ1n) is 7.14. The summed E-state index contributed by atoms with van der Waals surface area (Å²) in [6, 6.07) is 0.615. The van der Waals surface area contributed by atoms with Crippen molar-refractivity contribution >= 4 is 0 Å². The first-order chi connectivity index (χ1) is 7.79. The van der Waals surface area contributed by atoms with Crippen LogP contribution in [-0.2, 0) is 4.74 Å². The number of nitrogens with one attached hydrogen (secondary N) is 1. The maximum Gasteiger partial charge on any atom is 0.0700 e.